The molecular formula is C13H16O4. The normalized spacial score (nSPS) is 28.7. The monoisotopic (exact) mass is 236 g/mol. The summed E-state index contributed by atoms with van der Waals surface area (Å²) in [6.07, 6.45) is -0.0745. The topological polar surface area (TPSA) is 66.8 Å². The number of ether oxygens (including phenoxy) is 1. The van der Waals surface area contributed by atoms with Gasteiger partial charge < -0.3 is 14.9 Å². The first-order valence-corrected chi connectivity index (χ1v) is 5.79. The molecule has 0 aromatic heterocycles. The predicted molar refractivity (Wildman–Crippen MR) is 61.4 cm³/mol. The molecule has 2 N–H and O–H groups in total. The van der Waals surface area contributed by atoms with Crippen LogP contribution in [0.3, 0.4) is 0 Å². The fourth-order valence-corrected chi connectivity index (χ4v) is 2.08. The maximum Gasteiger partial charge on any atom is 0.316 e. The summed E-state index contributed by atoms with van der Waals surface area (Å²) in [6.45, 7) is 0. The van der Waals surface area contributed by atoms with E-state index >= 15 is 0 Å². The Kier molecular flexibility index (Phi) is 3.76. The van der Waals surface area contributed by atoms with Gasteiger partial charge in [-0.3, -0.25) is 4.79 Å². The molecule has 0 spiro atoms. The maximum atomic E-state index is 11.8. The van der Waals surface area contributed by atoms with E-state index in [1.54, 1.807) is 24.3 Å². The molecule has 3 atom stereocenters. The Labute approximate surface area is 99.8 Å². The zero-order chi connectivity index (χ0) is 12.3. The van der Waals surface area contributed by atoms with Crippen LogP contribution in [0.25, 0.3) is 0 Å². The molecule has 4 heteroatoms. The summed E-state index contributed by atoms with van der Waals surface area (Å²) in [5, 5.41) is 19.1. The van der Waals surface area contributed by atoms with Crippen LogP contribution in [0.1, 0.15) is 19.3 Å². The summed E-state index contributed by atoms with van der Waals surface area (Å²) in [5.41, 5.74) is 0. The van der Waals surface area contributed by atoms with Crippen molar-refractivity contribution in [1.82, 2.24) is 0 Å². The maximum absolute atomic E-state index is 11.8. The average molecular weight is 236 g/mol. The number of aliphatic hydroxyl groups is 2. The molecule has 0 amide bonds. The lowest BCUT2D eigenvalue weighted by Crippen LogP contribution is -2.38. The lowest BCUT2D eigenvalue weighted by Gasteiger charge is -2.28. The molecule has 1 fully saturated rings. The molecule has 0 heterocycles. The van der Waals surface area contributed by atoms with Crippen molar-refractivity contribution in [2.24, 2.45) is 5.92 Å². The first-order chi connectivity index (χ1) is 8.16. The van der Waals surface area contributed by atoms with Gasteiger partial charge in [0.25, 0.3) is 0 Å². The summed E-state index contributed by atoms with van der Waals surface area (Å²) < 4.78 is 5.18. The van der Waals surface area contributed by atoms with Crippen LogP contribution in [0.5, 0.6) is 5.75 Å². The van der Waals surface area contributed by atoms with E-state index < -0.39 is 24.1 Å². The number of benzene rings is 1. The second-order valence-corrected chi connectivity index (χ2v) is 4.37. The van der Waals surface area contributed by atoms with Crippen LogP contribution in [0, 0.1) is 5.92 Å². The van der Waals surface area contributed by atoms with E-state index in [0.717, 1.165) is 0 Å². The van der Waals surface area contributed by atoms with Crippen LogP contribution < -0.4 is 4.74 Å². The fourth-order valence-electron chi connectivity index (χ4n) is 2.08. The third-order valence-corrected chi connectivity index (χ3v) is 3.05. The van der Waals surface area contributed by atoms with Gasteiger partial charge in [0, 0.05) is 6.42 Å². The molecule has 1 saturated carbocycles. The van der Waals surface area contributed by atoms with Crippen LogP contribution >= 0.6 is 0 Å². The summed E-state index contributed by atoms with van der Waals surface area (Å²) >= 11 is 0. The Morgan fingerprint density at radius 3 is 2.53 bits per heavy atom. The molecule has 0 radical (unpaired) electrons. The van der Waals surface area contributed by atoms with E-state index in [9.17, 15) is 15.0 Å². The van der Waals surface area contributed by atoms with Crippen molar-refractivity contribution in [1.29, 1.82) is 0 Å². The van der Waals surface area contributed by atoms with Gasteiger partial charge in [0.15, 0.2) is 0 Å². The standard InChI is InChI=1S/C13H16O4/c14-9-6-7-11(12(15)8-9)13(16)17-10-4-2-1-3-5-10/h1-5,9,11-12,14-15H,6-8H2. The predicted octanol–water partition coefficient (Wildman–Crippen LogP) is 1.11. The molecule has 0 saturated heterocycles. The number of carbonyl (C=O) groups excluding carboxylic acids is 1. The SMILES string of the molecule is O=C(Oc1ccccc1)C1CCC(O)CC1O. The Bertz CT molecular complexity index is 376. The number of rotatable bonds is 2. The van der Waals surface area contributed by atoms with Crippen molar-refractivity contribution in [2.75, 3.05) is 0 Å². The van der Waals surface area contributed by atoms with Crippen molar-refractivity contribution in [3.63, 3.8) is 0 Å². The van der Waals surface area contributed by atoms with E-state index in [4.69, 9.17) is 4.74 Å². The van der Waals surface area contributed by atoms with Gasteiger partial charge in [-0.1, -0.05) is 18.2 Å². The van der Waals surface area contributed by atoms with Gasteiger partial charge in [-0.25, -0.2) is 0 Å². The molecular weight excluding hydrogens is 220 g/mol. The van der Waals surface area contributed by atoms with Gasteiger partial charge in [0.1, 0.15) is 5.75 Å². The zero-order valence-electron chi connectivity index (χ0n) is 9.45. The molecule has 92 valence electrons. The summed E-state index contributed by atoms with van der Waals surface area (Å²) in [6, 6.07) is 8.79. The van der Waals surface area contributed by atoms with Crippen molar-refractivity contribution in [3.8, 4) is 5.75 Å². The zero-order valence-corrected chi connectivity index (χ0v) is 9.45. The van der Waals surface area contributed by atoms with Crippen molar-refractivity contribution in [3.05, 3.63) is 30.3 Å². The highest BCUT2D eigenvalue weighted by atomic mass is 16.5. The highest BCUT2D eigenvalue weighted by Crippen LogP contribution is 2.26. The average Bonchev–Trinajstić information content (AvgIpc) is 2.30. The lowest BCUT2D eigenvalue weighted by molar-refractivity contribution is -0.146. The van der Waals surface area contributed by atoms with Crippen LogP contribution in [-0.4, -0.2) is 28.4 Å². The van der Waals surface area contributed by atoms with E-state index in [0.29, 0.717) is 18.6 Å². The number of carbonyl (C=O) groups is 1. The van der Waals surface area contributed by atoms with E-state index in [-0.39, 0.29) is 6.42 Å². The third-order valence-electron chi connectivity index (χ3n) is 3.05. The highest BCUT2D eigenvalue weighted by Gasteiger charge is 2.34. The number of hydrogen-bond acceptors (Lipinski definition) is 4. The highest BCUT2D eigenvalue weighted by molar-refractivity contribution is 5.75. The first-order valence-electron chi connectivity index (χ1n) is 5.79. The largest absolute Gasteiger partial charge is 0.426 e. The molecule has 17 heavy (non-hydrogen) atoms. The minimum Gasteiger partial charge on any atom is -0.426 e. The molecule has 1 aromatic carbocycles. The van der Waals surface area contributed by atoms with Crippen molar-refractivity contribution < 1.29 is 19.7 Å². The number of aliphatic hydroxyl groups excluding tert-OH is 2. The summed E-state index contributed by atoms with van der Waals surface area (Å²) in [4.78, 5) is 11.8. The Balaban J connectivity index is 1.96. The van der Waals surface area contributed by atoms with Gasteiger partial charge in [0.2, 0.25) is 0 Å². The molecule has 1 aromatic rings. The Morgan fingerprint density at radius 2 is 1.88 bits per heavy atom. The molecule has 0 bridgehead atoms. The van der Waals surface area contributed by atoms with Crippen LogP contribution in [0.15, 0.2) is 30.3 Å². The van der Waals surface area contributed by atoms with Crippen molar-refractivity contribution >= 4 is 5.97 Å². The van der Waals surface area contributed by atoms with E-state index in [2.05, 4.69) is 0 Å². The third kappa shape index (κ3) is 3.05. The Morgan fingerprint density at radius 1 is 1.18 bits per heavy atom. The number of para-hydroxylation sites is 1. The second-order valence-electron chi connectivity index (χ2n) is 4.37. The van der Waals surface area contributed by atoms with Crippen LogP contribution in [-0.2, 0) is 4.79 Å². The molecule has 3 unspecified atom stereocenters. The van der Waals surface area contributed by atoms with Gasteiger partial charge in [0.05, 0.1) is 18.1 Å². The van der Waals surface area contributed by atoms with E-state index in [1.807, 2.05) is 6.07 Å². The lowest BCUT2D eigenvalue weighted by atomic mass is 9.85. The quantitative estimate of drug-likeness (QED) is 0.596. The Hall–Kier alpha value is -1.39. The number of hydrogen-bond donors (Lipinski definition) is 2. The van der Waals surface area contributed by atoms with Crippen LogP contribution in [0.4, 0.5) is 0 Å². The number of esters is 1. The summed E-state index contributed by atoms with van der Waals surface area (Å²) in [5.74, 6) is -0.468. The van der Waals surface area contributed by atoms with Gasteiger partial charge in [-0.05, 0) is 25.0 Å². The van der Waals surface area contributed by atoms with Crippen molar-refractivity contribution in [2.45, 2.75) is 31.5 Å². The molecule has 1 aliphatic rings. The molecule has 2 rings (SSSR count). The molecule has 4 nitrogen and oxygen atoms in total. The first kappa shape index (κ1) is 12.1. The van der Waals surface area contributed by atoms with Gasteiger partial charge in [-0.15, -0.1) is 0 Å². The van der Waals surface area contributed by atoms with E-state index in [1.165, 1.54) is 0 Å². The van der Waals surface area contributed by atoms with Gasteiger partial charge in [-0.2, -0.15) is 0 Å². The van der Waals surface area contributed by atoms with Gasteiger partial charge >= 0.3 is 5.97 Å². The molecule has 1 aliphatic carbocycles. The second kappa shape index (κ2) is 5.29. The smallest absolute Gasteiger partial charge is 0.316 e. The molecule has 0 aliphatic heterocycles. The summed E-state index contributed by atoms with van der Waals surface area (Å²) in [7, 11) is 0. The minimum absolute atomic E-state index is 0.245. The fraction of sp³-hybridized carbons (Fsp3) is 0.462. The minimum atomic E-state index is -0.810. The van der Waals surface area contributed by atoms with Crippen LogP contribution in [0.2, 0.25) is 0 Å².